The van der Waals surface area contributed by atoms with Crippen LogP contribution in [-0.4, -0.2) is 5.11 Å². The molecule has 1 atom stereocenters. The summed E-state index contributed by atoms with van der Waals surface area (Å²) in [5.41, 5.74) is 4.28. The van der Waals surface area contributed by atoms with Crippen LogP contribution >= 0.6 is 0 Å². The molecular weight excluding hydrogens is 210 g/mol. The third-order valence-electron chi connectivity index (χ3n) is 2.73. The van der Waals surface area contributed by atoms with Gasteiger partial charge >= 0.3 is 0 Å². The van der Waals surface area contributed by atoms with Crippen molar-refractivity contribution >= 4 is 11.4 Å². The quantitative estimate of drug-likeness (QED) is 0.836. The first-order valence-electron chi connectivity index (χ1n) is 5.77. The summed E-state index contributed by atoms with van der Waals surface area (Å²) in [5.74, 6) is 0. The van der Waals surface area contributed by atoms with E-state index in [0.29, 0.717) is 0 Å². The summed E-state index contributed by atoms with van der Waals surface area (Å²) in [6.07, 6.45) is -0.413. The van der Waals surface area contributed by atoms with E-state index in [0.717, 1.165) is 16.9 Å². The van der Waals surface area contributed by atoms with Crippen LogP contribution in [0.2, 0.25) is 0 Å². The SMILES string of the molecule is Cc1ccc(Nc2ccc(C(C)O)cc2)cc1. The average molecular weight is 227 g/mol. The maximum Gasteiger partial charge on any atom is 0.0761 e. The Morgan fingerprint density at radius 1 is 0.882 bits per heavy atom. The van der Waals surface area contributed by atoms with E-state index >= 15 is 0 Å². The summed E-state index contributed by atoms with van der Waals surface area (Å²) in [5, 5.41) is 12.7. The predicted octanol–water partition coefficient (Wildman–Crippen LogP) is 3.79. The monoisotopic (exact) mass is 227 g/mol. The highest BCUT2D eigenvalue weighted by atomic mass is 16.3. The summed E-state index contributed by atoms with van der Waals surface area (Å²) < 4.78 is 0. The molecule has 1 unspecified atom stereocenters. The van der Waals surface area contributed by atoms with E-state index in [4.69, 9.17) is 0 Å². The van der Waals surface area contributed by atoms with E-state index in [9.17, 15) is 5.11 Å². The van der Waals surface area contributed by atoms with Crippen LogP contribution in [-0.2, 0) is 0 Å². The van der Waals surface area contributed by atoms with Crippen molar-refractivity contribution in [2.45, 2.75) is 20.0 Å². The van der Waals surface area contributed by atoms with E-state index in [2.05, 4.69) is 36.5 Å². The minimum Gasteiger partial charge on any atom is -0.389 e. The molecular formula is C15H17NO. The van der Waals surface area contributed by atoms with Crippen LogP contribution in [0.3, 0.4) is 0 Å². The summed E-state index contributed by atoms with van der Waals surface area (Å²) in [7, 11) is 0. The highest BCUT2D eigenvalue weighted by Crippen LogP contribution is 2.19. The topological polar surface area (TPSA) is 32.3 Å². The van der Waals surface area contributed by atoms with Gasteiger partial charge in [-0.3, -0.25) is 0 Å². The van der Waals surface area contributed by atoms with E-state index in [1.54, 1.807) is 6.92 Å². The van der Waals surface area contributed by atoms with Crippen molar-refractivity contribution in [3.63, 3.8) is 0 Å². The lowest BCUT2D eigenvalue weighted by Gasteiger charge is -2.09. The zero-order valence-corrected chi connectivity index (χ0v) is 10.1. The zero-order chi connectivity index (χ0) is 12.3. The van der Waals surface area contributed by atoms with Crippen LogP contribution in [0.25, 0.3) is 0 Å². The maximum atomic E-state index is 9.41. The molecule has 0 fully saturated rings. The van der Waals surface area contributed by atoms with E-state index in [1.807, 2.05) is 24.3 Å². The highest BCUT2D eigenvalue weighted by Gasteiger charge is 2.00. The van der Waals surface area contributed by atoms with Gasteiger partial charge in [0.1, 0.15) is 0 Å². The molecule has 2 N–H and O–H groups in total. The van der Waals surface area contributed by atoms with Crippen molar-refractivity contribution in [2.24, 2.45) is 0 Å². The fraction of sp³-hybridized carbons (Fsp3) is 0.200. The van der Waals surface area contributed by atoms with Gasteiger partial charge in [0.15, 0.2) is 0 Å². The lowest BCUT2D eigenvalue weighted by Crippen LogP contribution is -1.93. The van der Waals surface area contributed by atoms with Crippen LogP contribution in [0.4, 0.5) is 11.4 Å². The molecule has 0 saturated carbocycles. The smallest absolute Gasteiger partial charge is 0.0761 e. The van der Waals surface area contributed by atoms with Gasteiger partial charge in [0.05, 0.1) is 6.10 Å². The van der Waals surface area contributed by atoms with Crippen molar-refractivity contribution in [1.82, 2.24) is 0 Å². The van der Waals surface area contributed by atoms with Gasteiger partial charge in [-0.15, -0.1) is 0 Å². The van der Waals surface area contributed by atoms with Gasteiger partial charge in [-0.1, -0.05) is 29.8 Å². The van der Waals surface area contributed by atoms with Gasteiger partial charge in [-0.2, -0.15) is 0 Å². The van der Waals surface area contributed by atoms with E-state index in [-0.39, 0.29) is 0 Å². The van der Waals surface area contributed by atoms with Crippen LogP contribution in [0, 0.1) is 6.92 Å². The van der Waals surface area contributed by atoms with Crippen molar-refractivity contribution in [3.05, 3.63) is 59.7 Å². The molecule has 0 spiro atoms. The van der Waals surface area contributed by atoms with Gasteiger partial charge in [0, 0.05) is 11.4 Å². The molecule has 0 aliphatic carbocycles. The molecule has 0 amide bonds. The van der Waals surface area contributed by atoms with Crippen LogP contribution in [0.15, 0.2) is 48.5 Å². The van der Waals surface area contributed by atoms with Gasteiger partial charge in [0.2, 0.25) is 0 Å². The molecule has 2 heteroatoms. The molecule has 0 heterocycles. The lowest BCUT2D eigenvalue weighted by molar-refractivity contribution is 0.199. The Morgan fingerprint density at radius 3 is 1.82 bits per heavy atom. The standard InChI is InChI=1S/C15H17NO/c1-11-3-7-14(8-4-11)16-15-9-5-13(6-10-15)12(2)17/h3-10,12,16-17H,1-2H3. The zero-order valence-electron chi connectivity index (χ0n) is 10.1. The number of hydrogen-bond acceptors (Lipinski definition) is 2. The Labute approximate surface area is 102 Å². The summed E-state index contributed by atoms with van der Waals surface area (Å²) in [6, 6.07) is 16.1. The van der Waals surface area contributed by atoms with Crippen LogP contribution in [0.5, 0.6) is 0 Å². The Bertz CT molecular complexity index is 471. The van der Waals surface area contributed by atoms with Crippen molar-refractivity contribution in [1.29, 1.82) is 0 Å². The minimum absolute atomic E-state index is 0.413. The Hall–Kier alpha value is -1.80. The second-order valence-corrected chi connectivity index (χ2v) is 4.29. The number of aryl methyl sites for hydroxylation is 1. The van der Waals surface area contributed by atoms with Gasteiger partial charge < -0.3 is 10.4 Å². The van der Waals surface area contributed by atoms with Crippen LogP contribution < -0.4 is 5.32 Å². The molecule has 0 aromatic heterocycles. The summed E-state index contributed by atoms with van der Waals surface area (Å²) >= 11 is 0. The molecule has 2 nitrogen and oxygen atoms in total. The molecule has 88 valence electrons. The number of nitrogens with one attached hydrogen (secondary N) is 1. The Balaban J connectivity index is 2.11. The molecule has 2 aromatic carbocycles. The third kappa shape index (κ3) is 3.08. The lowest BCUT2D eigenvalue weighted by atomic mass is 10.1. The summed E-state index contributed by atoms with van der Waals surface area (Å²) in [4.78, 5) is 0. The molecule has 0 aliphatic heterocycles. The summed E-state index contributed by atoms with van der Waals surface area (Å²) in [6.45, 7) is 3.84. The maximum absolute atomic E-state index is 9.41. The largest absolute Gasteiger partial charge is 0.389 e. The minimum atomic E-state index is -0.413. The second kappa shape index (κ2) is 5.02. The first-order chi connectivity index (χ1) is 8.15. The number of hydrogen-bond donors (Lipinski definition) is 2. The van der Waals surface area contributed by atoms with Crippen LogP contribution in [0.1, 0.15) is 24.2 Å². The first-order valence-corrected chi connectivity index (χ1v) is 5.77. The molecule has 2 rings (SSSR count). The molecule has 0 aliphatic rings. The number of rotatable bonds is 3. The molecule has 0 bridgehead atoms. The number of aliphatic hydroxyl groups is 1. The fourth-order valence-corrected chi connectivity index (χ4v) is 1.65. The molecule has 17 heavy (non-hydrogen) atoms. The third-order valence-corrected chi connectivity index (χ3v) is 2.73. The van der Waals surface area contributed by atoms with Crippen molar-refractivity contribution in [3.8, 4) is 0 Å². The second-order valence-electron chi connectivity index (χ2n) is 4.29. The highest BCUT2D eigenvalue weighted by molar-refractivity contribution is 5.60. The Kier molecular flexibility index (Phi) is 3.45. The molecule has 0 saturated heterocycles. The van der Waals surface area contributed by atoms with Gasteiger partial charge in [0.25, 0.3) is 0 Å². The number of anilines is 2. The molecule has 0 radical (unpaired) electrons. The van der Waals surface area contributed by atoms with E-state index < -0.39 is 6.10 Å². The molecule has 2 aromatic rings. The number of aliphatic hydroxyl groups excluding tert-OH is 1. The van der Waals surface area contributed by atoms with Gasteiger partial charge in [-0.25, -0.2) is 0 Å². The first kappa shape index (κ1) is 11.7. The fourth-order valence-electron chi connectivity index (χ4n) is 1.65. The van der Waals surface area contributed by atoms with Gasteiger partial charge in [-0.05, 0) is 43.7 Å². The van der Waals surface area contributed by atoms with E-state index in [1.165, 1.54) is 5.56 Å². The van der Waals surface area contributed by atoms with Crippen molar-refractivity contribution in [2.75, 3.05) is 5.32 Å². The van der Waals surface area contributed by atoms with Crippen molar-refractivity contribution < 1.29 is 5.11 Å². The number of benzene rings is 2. The normalized spacial score (nSPS) is 12.2. The predicted molar refractivity (Wildman–Crippen MR) is 71.5 cm³/mol. The average Bonchev–Trinajstić information content (AvgIpc) is 2.33. The Morgan fingerprint density at radius 2 is 1.35 bits per heavy atom.